The molecule has 0 saturated carbocycles. The summed E-state index contributed by atoms with van der Waals surface area (Å²) in [4.78, 5) is 5.50. The number of hydrogen-bond acceptors (Lipinski definition) is 2. The zero-order valence-electron chi connectivity index (χ0n) is 8.46. The van der Waals surface area contributed by atoms with E-state index in [1.54, 1.807) is 23.7 Å². The molecule has 0 aliphatic carbocycles. The van der Waals surface area contributed by atoms with Crippen LogP contribution in [0.4, 0.5) is 0 Å². The lowest BCUT2D eigenvalue weighted by molar-refractivity contribution is 0.964. The molecule has 0 aromatic carbocycles. The number of rotatable bonds is 3. The van der Waals surface area contributed by atoms with Gasteiger partial charge in [-0.3, -0.25) is 4.98 Å². The Hall–Kier alpha value is 0.580. The molecule has 0 fully saturated rings. The first-order chi connectivity index (χ1) is 8.08. The van der Waals surface area contributed by atoms with Crippen LogP contribution in [-0.4, -0.2) is 4.98 Å². The molecule has 0 saturated heterocycles. The van der Waals surface area contributed by atoms with Gasteiger partial charge in [-0.2, -0.15) is 0 Å². The maximum Gasteiger partial charge on any atom is 0.0843 e. The van der Waals surface area contributed by atoms with Crippen molar-refractivity contribution in [2.24, 2.45) is 0 Å². The Balaban J connectivity index is 2.17. The molecule has 2 aromatic heterocycles. The molecule has 90 valence electrons. The molecular weight excluding hydrogens is 453 g/mol. The van der Waals surface area contributed by atoms with E-state index in [1.165, 1.54) is 4.88 Å². The monoisotopic (exact) mass is 457 g/mol. The van der Waals surface area contributed by atoms with E-state index in [4.69, 9.17) is 11.6 Å². The van der Waals surface area contributed by atoms with Gasteiger partial charge in [-0.05, 0) is 56.0 Å². The lowest BCUT2D eigenvalue weighted by Crippen LogP contribution is -1.94. The van der Waals surface area contributed by atoms with Crippen LogP contribution in [0.3, 0.4) is 0 Å². The highest BCUT2D eigenvalue weighted by atomic mass is 79.9. The van der Waals surface area contributed by atoms with Crippen molar-refractivity contribution < 1.29 is 0 Å². The summed E-state index contributed by atoms with van der Waals surface area (Å²) in [5.74, 6) is 0. The number of thiophene rings is 1. The van der Waals surface area contributed by atoms with E-state index in [9.17, 15) is 0 Å². The molecule has 2 heterocycles. The van der Waals surface area contributed by atoms with Crippen molar-refractivity contribution in [2.45, 2.75) is 11.2 Å². The second-order valence-corrected chi connectivity index (χ2v) is 8.18. The lowest BCUT2D eigenvalue weighted by atomic mass is 10.1. The second kappa shape index (κ2) is 6.15. The van der Waals surface area contributed by atoms with Gasteiger partial charge in [0.1, 0.15) is 0 Å². The number of halogens is 4. The fourth-order valence-corrected chi connectivity index (χ4v) is 4.41. The van der Waals surface area contributed by atoms with Crippen LogP contribution >= 0.6 is 70.7 Å². The van der Waals surface area contributed by atoms with Gasteiger partial charge in [0.15, 0.2) is 0 Å². The van der Waals surface area contributed by atoms with Gasteiger partial charge in [0, 0.05) is 21.7 Å². The van der Waals surface area contributed by atoms with E-state index in [-0.39, 0.29) is 4.83 Å². The summed E-state index contributed by atoms with van der Waals surface area (Å²) < 4.78 is 2.19. The van der Waals surface area contributed by atoms with Crippen molar-refractivity contribution >= 4 is 70.7 Å². The Morgan fingerprint density at radius 1 is 1.41 bits per heavy atom. The maximum absolute atomic E-state index is 6.09. The van der Waals surface area contributed by atoms with Gasteiger partial charge in [0.25, 0.3) is 0 Å². The van der Waals surface area contributed by atoms with Crippen LogP contribution in [0.25, 0.3) is 0 Å². The van der Waals surface area contributed by atoms with E-state index in [2.05, 4.69) is 58.8 Å². The molecule has 6 heteroatoms. The van der Waals surface area contributed by atoms with Gasteiger partial charge in [-0.1, -0.05) is 27.5 Å². The van der Waals surface area contributed by atoms with Gasteiger partial charge in [0.05, 0.1) is 13.6 Å². The average Bonchev–Trinajstić information content (AvgIpc) is 2.63. The first-order valence-corrected chi connectivity index (χ1v) is 8.44. The zero-order valence-corrected chi connectivity index (χ0v) is 14.8. The summed E-state index contributed by atoms with van der Waals surface area (Å²) in [5.41, 5.74) is 1.10. The van der Waals surface area contributed by atoms with Crippen LogP contribution in [-0.2, 0) is 6.42 Å². The zero-order chi connectivity index (χ0) is 12.4. The van der Waals surface area contributed by atoms with E-state index in [0.717, 1.165) is 20.2 Å². The second-order valence-electron chi connectivity index (χ2n) is 3.41. The van der Waals surface area contributed by atoms with Crippen molar-refractivity contribution in [3.05, 3.63) is 48.2 Å². The molecule has 0 aliphatic rings. The molecule has 0 bridgehead atoms. The van der Waals surface area contributed by atoms with Crippen LogP contribution < -0.4 is 0 Å². The third-order valence-electron chi connectivity index (χ3n) is 2.23. The van der Waals surface area contributed by atoms with Crippen LogP contribution in [0.1, 0.15) is 15.3 Å². The van der Waals surface area contributed by atoms with E-state index in [1.807, 2.05) is 6.07 Å². The van der Waals surface area contributed by atoms with Crippen LogP contribution in [0.5, 0.6) is 0 Å². The molecule has 2 aromatic rings. The first-order valence-electron chi connectivity index (χ1n) is 4.75. The molecule has 0 aliphatic heterocycles. The Bertz CT molecular complexity index is 510. The standard InChI is InChI=1S/C11H7Br3ClNS/c12-7(10-4-8(13)11(14)17-10)3-6-1-2-16-5-9(6)15/h1-2,4-5,7H,3H2. The summed E-state index contributed by atoms with van der Waals surface area (Å²) in [6.07, 6.45) is 4.29. The minimum atomic E-state index is 0.259. The van der Waals surface area contributed by atoms with E-state index < -0.39 is 0 Å². The quantitative estimate of drug-likeness (QED) is 0.512. The molecule has 0 amide bonds. The molecule has 17 heavy (non-hydrogen) atoms. The Kier molecular flexibility index (Phi) is 5.06. The number of alkyl halides is 1. The molecule has 0 N–H and O–H groups in total. The van der Waals surface area contributed by atoms with Crippen molar-refractivity contribution in [1.82, 2.24) is 4.98 Å². The largest absolute Gasteiger partial charge is 0.263 e. The smallest absolute Gasteiger partial charge is 0.0843 e. The van der Waals surface area contributed by atoms with Crippen molar-refractivity contribution in [2.75, 3.05) is 0 Å². The predicted molar refractivity (Wildman–Crippen MR) is 84.3 cm³/mol. The number of pyridine rings is 1. The van der Waals surface area contributed by atoms with E-state index in [0.29, 0.717) is 5.02 Å². The van der Waals surface area contributed by atoms with Gasteiger partial charge >= 0.3 is 0 Å². The Labute approximate surface area is 134 Å². The summed E-state index contributed by atoms with van der Waals surface area (Å²) in [7, 11) is 0. The first kappa shape index (κ1) is 14.0. The lowest BCUT2D eigenvalue weighted by Gasteiger charge is -2.08. The normalized spacial score (nSPS) is 12.7. The minimum absolute atomic E-state index is 0.259. The summed E-state index contributed by atoms with van der Waals surface area (Å²) in [6, 6.07) is 4.07. The van der Waals surface area contributed by atoms with Crippen molar-refractivity contribution in [3.63, 3.8) is 0 Å². The molecule has 1 nitrogen and oxygen atoms in total. The molecule has 0 radical (unpaired) electrons. The van der Waals surface area contributed by atoms with Gasteiger partial charge < -0.3 is 0 Å². The molecular formula is C11H7Br3ClNS. The number of nitrogens with zero attached hydrogens (tertiary/aromatic N) is 1. The predicted octanol–water partition coefficient (Wildman–Crippen LogP) is 6.00. The minimum Gasteiger partial charge on any atom is -0.263 e. The summed E-state index contributed by atoms with van der Waals surface area (Å²) >= 11 is 18.5. The van der Waals surface area contributed by atoms with Gasteiger partial charge in [-0.25, -0.2) is 0 Å². The molecule has 0 spiro atoms. The maximum atomic E-state index is 6.09. The fraction of sp³-hybridized carbons (Fsp3) is 0.182. The third-order valence-corrected chi connectivity index (χ3v) is 7.06. The number of aromatic nitrogens is 1. The van der Waals surface area contributed by atoms with Crippen molar-refractivity contribution in [1.29, 1.82) is 0 Å². The summed E-state index contributed by atoms with van der Waals surface area (Å²) in [6.45, 7) is 0. The van der Waals surface area contributed by atoms with E-state index >= 15 is 0 Å². The van der Waals surface area contributed by atoms with Crippen molar-refractivity contribution in [3.8, 4) is 0 Å². The molecule has 2 rings (SSSR count). The van der Waals surface area contributed by atoms with Gasteiger partial charge in [0.2, 0.25) is 0 Å². The van der Waals surface area contributed by atoms with Crippen LogP contribution in [0, 0.1) is 0 Å². The SMILES string of the molecule is Clc1cnccc1CC(Br)c1cc(Br)c(Br)s1. The third kappa shape index (κ3) is 3.53. The Morgan fingerprint density at radius 2 is 2.18 bits per heavy atom. The highest BCUT2D eigenvalue weighted by Gasteiger charge is 2.14. The fourth-order valence-electron chi connectivity index (χ4n) is 1.38. The summed E-state index contributed by atoms with van der Waals surface area (Å²) in [5, 5.41) is 0.714. The average molecular weight is 460 g/mol. The Morgan fingerprint density at radius 3 is 2.76 bits per heavy atom. The number of hydrogen-bond donors (Lipinski definition) is 0. The highest BCUT2D eigenvalue weighted by molar-refractivity contribution is 9.13. The van der Waals surface area contributed by atoms with Crippen LogP contribution in [0.15, 0.2) is 32.8 Å². The van der Waals surface area contributed by atoms with Crippen LogP contribution in [0.2, 0.25) is 5.02 Å². The highest BCUT2D eigenvalue weighted by Crippen LogP contribution is 2.40. The molecule has 1 atom stereocenters. The molecule has 1 unspecified atom stereocenters. The van der Waals surface area contributed by atoms with Gasteiger partial charge in [-0.15, -0.1) is 11.3 Å². The topological polar surface area (TPSA) is 12.9 Å².